The smallest absolute Gasteiger partial charge is 0.242 e. The van der Waals surface area contributed by atoms with Gasteiger partial charge >= 0.3 is 0 Å². The van der Waals surface area contributed by atoms with Crippen molar-refractivity contribution in [1.82, 2.24) is 20.2 Å². The van der Waals surface area contributed by atoms with Gasteiger partial charge in [0.25, 0.3) is 0 Å². The number of hydrogen-bond donors (Lipinski definition) is 1. The quantitative estimate of drug-likeness (QED) is 0.823. The molecule has 0 fully saturated rings. The number of aromatic amines is 1. The predicted octanol–water partition coefficient (Wildman–Crippen LogP) is 1.86. The van der Waals surface area contributed by atoms with E-state index in [4.69, 9.17) is 17.0 Å². The number of tetrazole rings is 1. The maximum absolute atomic E-state index is 5.31. The molecule has 1 aromatic heterocycles. The molecule has 0 saturated heterocycles. The molecule has 1 aromatic carbocycles. The van der Waals surface area contributed by atoms with E-state index in [2.05, 4.69) is 15.5 Å². The van der Waals surface area contributed by atoms with Crippen molar-refractivity contribution >= 4 is 12.2 Å². The first-order chi connectivity index (χ1) is 7.81. The maximum Gasteiger partial charge on any atom is 0.242 e. The third kappa shape index (κ3) is 2.34. The van der Waals surface area contributed by atoms with Gasteiger partial charge in [-0.2, -0.15) is 5.21 Å². The number of ether oxygens (including phenoxy) is 1. The molecule has 16 heavy (non-hydrogen) atoms. The van der Waals surface area contributed by atoms with Crippen molar-refractivity contribution in [2.24, 2.45) is 0 Å². The van der Waals surface area contributed by atoms with Crippen LogP contribution in [-0.4, -0.2) is 26.8 Å². The van der Waals surface area contributed by atoms with Crippen LogP contribution >= 0.6 is 12.2 Å². The molecule has 0 bridgehead atoms. The summed E-state index contributed by atoms with van der Waals surface area (Å²) < 4.78 is 7.37. The van der Waals surface area contributed by atoms with Gasteiger partial charge in [-0.05, 0) is 36.8 Å². The van der Waals surface area contributed by atoms with E-state index >= 15 is 0 Å². The van der Waals surface area contributed by atoms with Crippen LogP contribution in [0.25, 0.3) is 5.69 Å². The van der Waals surface area contributed by atoms with E-state index in [1.54, 1.807) is 4.68 Å². The molecular weight excluding hydrogens is 224 g/mol. The molecule has 0 aliphatic rings. The summed E-state index contributed by atoms with van der Waals surface area (Å²) in [5.41, 5.74) is 2.04. The highest BCUT2D eigenvalue weighted by atomic mass is 32.1. The summed E-state index contributed by atoms with van der Waals surface area (Å²) in [4.78, 5) is 0. The van der Waals surface area contributed by atoms with Crippen LogP contribution in [-0.2, 0) is 11.3 Å². The molecule has 1 N–H and O–H groups in total. The molecule has 6 heteroatoms. The molecule has 2 rings (SSSR count). The molecule has 0 aliphatic carbocycles. The zero-order chi connectivity index (χ0) is 11.4. The Hall–Kier alpha value is -1.53. The van der Waals surface area contributed by atoms with Crippen LogP contribution in [0.3, 0.4) is 0 Å². The lowest BCUT2D eigenvalue weighted by Crippen LogP contribution is -1.98. The van der Waals surface area contributed by atoms with Gasteiger partial charge in [-0.3, -0.25) is 0 Å². The molecule has 1 heterocycles. The van der Waals surface area contributed by atoms with Gasteiger partial charge in [-0.25, -0.2) is 4.68 Å². The van der Waals surface area contributed by atoms with E-state index in [-0.39, 0.29) is 0 Å². The van der Waals surface area contributed by atoms with Crippen LogP contribution in [0.2, 0.25) is 0 Å². The molecule has 0 spiro atoms. The zero-order valence-electron chi connectivity index (χ0n) is 8.88. The first-order valence-corrected chi connectivity index (χ1v) is 5.39. The predicted molar refractivity (Wildman–Crippen MR) is 61.9 cm³/mol. The van der Waals surface area contributed by atoms with Crippen LogP contribution in [0.1, 0.15) is 12.5 Å². The van der Waals surface area contributed by atoms with Gasteiger partial charge in [0.2, 0.25) is 4.77 Å². The molecule has 2 aromatic rings. The summed E-state index contributed by atoms with van der Waals surface area (Å²) in [7, 11) is 0. The maximum atomic E-state index is 5.31. The Bertz CT molecular complexity index is 502. The van der Waals surface area contributed by atoms with E-state index < -0.39 is 0 Å². The summed E-state index contributed by atoms with van der Waals surface area (Å²) in [5, 5.41) is 10.0. The summed E-state index contributed by atoms with van der Waals surface area (Å²) in [5.74, 6) is 0. The van der Waals surface area contributed by atoms with Crippen molar-refractivity contribution in [2.75, 3.05) is 6.61 Å². The number of aromatic nitrogens is 4. The zero-order valence-corrected chi connectivity index (χ0v) is 9.70. The Balaban J connectivity index is 2.20. The molecular formula is C10H12N4OS. The second kappa shape index (κ2) is 5.00. The van der Waals surface area contributed by atoms with Crippen molar-refractivity contribution in [3.05, 3.63) is 34.6 Å². The van der Waals surface area contributed by atoms with Crippen molar-refractivity contribution in [1.29, 1.82) is 0 Å². The molecule has 0 saturated carbocycles. The highest BCUT2D eigenvalue weighted by Gasteiger charge is 1.99. The fourth-order valence-corrected chi connectivity index (χ4v) is 1.51. The van der Waals surface area contributed by atoms with Crippen LogP contribution in [0.5, 0.6) is 0 Å². The van der Waals surface area contributed by atoms with Gasteiger partial charge < -0.3 is 4.74 Å². The van der Waals surface area contributed by atoms with Gasteiger partial charge in [0.1, 0.15) is 0 Å². The van der Waals surface area contributed by atoms with Crippen LogP contribution < -0.4 is 0 Å². The second-order valence-corrected chi connectivity index (χ2v) is 3.59. The van der Waals surface area contributed by atoms with E-state index in [1.165, 1.54) is 0 Å². The van der Waals surface area contributed by atoms with E-state index in [9.17, 15) is 0 Å². The van der Waals surface area contributed by atoms with Crippen LogP contribution in [0, 0.1) is 4.77 Å². The Morgan fingerprint density at radius 2 is 2.12 bits per heavy atom. The summed E-state index contributed by atoms with van der Waals surface area (Å²) in [6.07, 6.45) is 0. The number of hydrogen-bond acceptors (Lipinski definition) is 4. The third-order valence-electron chi connectivity index (χ3n) is 2.14. The summed E-state index contributed by atoms with van der Waals surface area (Å²) >= 11 is 5.00. The third-order valence-corrected chi connectivity index (χ3v) is 2.40. The van der Waals surface area contributed by atoms with Gasteiger partial charge in [0, 0.05) is 6.61 Å². The summed E-state index contributed by atoms with van der Waals surface area (Å²) in [6.45, 7) is 3.32. The Morgan fingerprint density at radius 1 is 1.38 bits per heavy atom. The number of H-pyrrole nitrogens is 1. The number of nitrogens with one attached hydrogen (secondary N) is 1. The molecule has 0 amide bonds. The minimum absolute atomic E-state index is 0.414. The van der Waals surface area contributed by atoms with E-state index in [0.717, 1.165) is 17.9 Å². The molecule has 0 radical (unpaired) electrons. The average molecular weight is 236 g/mol. The molecule has 84 valence electrons. The number of nitrogens with zero attached hydrogens (tertiary/aromatic N) is 3. The molecule has 0 unspecified atom stereocenters. The normalized spacial score (nSPS) is 10.6. The lowest BCUT2D eigenvalue weighted by molar-refractivity contribution is 0.134. The van der Waals surface area contributed by atoms with Gasteiger partial charge in [0.05, 0.1) is 12.3 Å². The fraction of sp³-hybridized carbons (Fsp3) is 0.300. The van der Waals surface area contributed by atoms with Crippen LogP contribution in [0.4, 0.5) is 0 Å². The number of benzene rings is 1. The molecule has 0 aliphatic heterocycles. The molecule has 0 atom stereocenters. The monoisotopic (exact) mass is 236 g/mol. The van der Waals surface area contributed by atoms with E-state index in [1.807, 2.05) is 31.2 Å². The average Bonchev–Trinajstić information content (AvgIpc) is 2.74. The van der Waals surface area contributed by atoms with Gasteiger partial charge in [0.15, 0.2) is 0 Å². The summed E-state index contributed by atoms with van der Waals surface area (Å²) in [6, 6.07) is 7.88. The topological polar surface area (TPSA) is 55.7 Å². The fourth-order valence-electron chi connectivity index (χ4n) is 1.33. The largest absolute Gasteiger partial charge is 0.377 e. The Morgan fingerprint density at radius 3 is 2.69 bits per heavy atom. The highest BCUT2D eigenvalue weighted by molar-refractivity contribution is 7.71. The van der Waals surface area contributed by atoms with Crippen molar-refractivity contribution in [3.63, 3.8) is 0 Å². The van der Waals surface area contributed by atoms with Crippen molar-refractivity contribution in [3.8, 4) is 5.69 Å². The standard InChI is InChI=1S/C10H12N4OS/c1-2-15-7-8-3-5-9(6-4-8)14-10(16)11-12-13-14/h3-6H,2,7H2,1H3,(H,11,13,16). The molecule has 5 nitrogen and oxygen atoms in total. The van der Waals surface area contributed by atoms with Gasteiger partial charge in [-0.15, -0.1) is 0 Å². The van der Waals surface area contributed by atoms with Crippen LogP contribution in [0.15, 0.2) is 24.3 Å². The van der Waals surface area contributed by atoms with Gasteiger partial charge in [-0.1, -0.05) is 22.4 Å². The Labute approximate surface area is 98.0 Å². The highest BCUT2D eigenvalue weighted by Crippen LogP contribution is 2.09. The minimum Gasteiger partial charge on any atom is -0.377 e. The van der Waals surface area contributed by atoms with E-state index in [0.29, 0.717) is 11.4 Å². The second-order valence-electron chi connectivity index (χ2n) is 3.22. The minimum atomic E-state index is 0.414. The lowest BCUT2D eigenvalue weighted by atomic mass is 10.2. The first kappa shape index (κ1) is 11.0. The number of rotatable bonds is 4. The lowest BCUT2D eigenvalue weighted by Gasteiger charge is -2.03. The van der Waals surface area contributed by atoms with Crippen molar-refractivity contribution in [2.45, 2.75) is 13.5 Å². The Kier molecular flexibility index (Phi) is 3.43. The first-order valence-electron chi connectivity index (χ1n) is 4.98. The van der Waals surface area contributed by atoms with Crippen molar-refractivity contribution < 1.29 is 4.74 Å². The SMILES string of the molecule is CCOCc1ccc(-n2[nH]nnc2=S)cc1.